The van der Waals surface area contributed by atoms with Crippen LogP contribution in [0.15, 0.2) is 22.4 Å². The highest BCUT2D eigenvalue weighted by Gasteiger charge is 2.07. The van der Waals surface area contributed by atoms with Gasteiger partial charge in [-0.1, -0.05) is 12.1 Å². The predicted molar refractivity (Wildman–Crippen MR) is 63.4 cm³/mol. The van der Waals surface area contributed by atoms with Crippen LogP contribution in [0.3, 0.4) is 0 Å². The normalized spacial score (nSPS) is 11.0. The van der Waals surface area contributed by atoms with E-state index in [1.807, 2.05) is 0 Å². The van der Waals surface area contributed by atoms with Crippen LogP contribution < -0.4 is 0 Å². The summed E-state index contributed by atoms with van der Waals surface area (Å²) < 4.78 is 1.28. The second kappa shape index (κ2) is 3.52. The topological polar surface area (TPSA) is 0 Å². The number of halogens is 1. The first-order chi connectivity index (χ1) is 6.24. The number of thiol groups is 1. The molecule has 1 heterocycles. The van der Waals surface area contributed by atoms with E-state index in [0.29, 0.717) is 5.88 Å². The van der Waals surface area contributed by atoms with Gasteiger partial charge in [0, 0.05) is 26.2 Å². The second-order valence-corrected chi connectivity index (χ2v) is 4.62. The van der Waals surface area contributed by atoms with Gasteiger partial charge in [-0.2, -0.15) is 0 Å². The van der Waals surface area contributed by atoms with Gasteiger partial charge < -0.3 is 0 Å². The molecule has 1 aromatic carbocycles. The van der Waals surface area contributed by atoms with Crippen molar-refractivity contribution in [1.82, 2.24) is 0 Å². The van der Waals surface area contributed by atoms with Crippen LogP contribution in [0.4, 0.5) is 0 Å². The molecule has 1 aromatic heterocycles. The van der Waals surface area contributed by atoms with Crippen molar-refractivity contribution in [3.63, 3.8) is 0 Å². The van der Waals surface area contributed by atoms with Gasteiger partial charge in [-0.15, -0.1) is 35.6 Å². The highest BCUT2D eigenvalue weighted by molar-refractivity contribution is 7.80. The second-order valence-electron chi connectivity index (χ2n) is 2.99. The molecule has 0 unspecified atom stereocenters. The smallest absolute Gasteiger partial charge is 0.0490 e. The van der Waals surface area contributed by atoms with Crippen LogP contribution in [0.5, 0.6) is 0 Å². The third-order valence-electron chi connectivity index (χ3n) is 2.19. The Labute approximate surface area is 91.9 Å². The summed E-state index contributed by atoms with van der Waals surface area (Å²) in [4.78, 5) is 1.05. The summed E-state index contributed by atoms with van der Waals surface area (Å²) in [6.45, 7) is 2.09. The molecule has 0 radical (unpaired) electrons. The van der Waals surface area contributed by atoms with E-state index in [1.54, 1.807) is 11.3 Å². The molecular weight excluding hydrogens is 220 g/mol. The van der Waals surface area contributed by atoms with Gasteiger partial charge in [0.05, 0.1) is 0 Å². The van der Waals surface area contributed by atoms with Crippen LogP contribution in [-0.4, -0.2) is 0 Å². The first-order valence-electron chi connectivity index (χ1n) is 3.98. The molecule has 0 saturated heterocycles. The van der Waals surface area contributed by atoms with E-state index in [-0.39, 0.29) is 0 Å². The summed E-state index contributed by atoms with van der Waals surface area (Å²) in [6, 6.07) is 4.21. The first-order valence-corrected chi connectivity index (χ1v) is 5.84. The first kappa shape index (κ1) is 9.38. The fraction of sp³-hybridized carbons (Fsp3) is 0.200. The maximum absolute atomic E-state index is 5.90. The Morgan fingerprint density at radius 1 is 1.46 bits per heavy atom. The van der Waals surface area contributed by atoms with Crippen molar-refractivity contribution in [2.45, 2.75) is 17.7 Å². The zero-order valence-electron chi connectivity index (χ0n) is 7.17. The lowest BCUT2D eigenvalue weighted by Crippen LogP contribution is -1.83. The number of rotatable bonds is 1. The summed E-state index contributed by atoms with van der Waals surface area (Å²) in [5.74, 6) is 0.580. The molecule has 0 amide bonds. The van der Waals surface area contributed by atoms with Crippen LogP contribution in [0.2, 0.25) is 0 Å². The Hall–Kier alpha value is -0.180. The van der Waals surface area contributed by atoms with Crippen molar-refractivity contribution >= 4 is 45.7 Å². The van der Waals surface area contributed by atoms with Gasteiger partial charge in [0.25, 0.3) is 0 Å². The summed E-state index contributed by atoms with van der Waals surface area (Å²) in [6.07, 6.45) is 0. The fourth-order valence-electron chi connectivity index (χ4n) is 1.41. The van der Waals surface area contributed by atoms with Gasteiger partial charge in [-0.05, 0) is 18.1 Å². The average molecular weight is 229 g/mol. The van der Waals surface area contributed by atoms with E-state index in [2.05, 4.69) is 37.1 Å². The molecular formula is C10H9ClS2. The largest absolute Gasteiger partial charge is 0.142 e. The van der Waals surface area contributed by atoms with E-state index in [9.17, 15) is 0 Å². The van der Waals surface area contributed by atoms with Crippen LogP contribution >= 0.6 is 35.6 Å². The monoisotopic (exact) mass is 228 g/mol. The van der Waals surface area contributed by atoms with Crippen molar-refractivity contribution in [1.29, 1.82) is 0 Å². The quantitative estimate of drug-likeness (QED) is 0.548. The Bertz CT molecular complexity index is 445. The van der Waals surface area contributed by atoms with Gasteiger partial charge >= 0.3 is 0 Å². The molecule has 13 heavy (non-hydrogen) atoms. The van der Waals surface area contributed by atoms with Crippen LogP contribution in [0.1, 0.15) is 11.1 Å². The van der Waals surface area contributed by atoms with Crippen LogP contribution in [0.25, 0.3) is 10.1 Å². The molecule has 0 aliphatic rings. The van der Waals surface area contributed by atoms with Crippen molar-refractivity contribution < 1.29 is 0 Å². The molecule has 0 atom stereocenters. The minimum Gasteiger partial charge on any atom is -0.142 e. The predicted octanol–water partition coefficient (Wildman–Crippen LogP) is 4.24. The number of aryl methyl sites for hydroxylation is 1. The summed E-state index contributed by atoms with van der Waals surface area (Å²) >= 11 is 12.0. The van der Waals surface area contributed by atoms with Crippen LogP contribution in [0, 0.1) is 6.92 Å². The Morgan fingerprint density at radius 2 is 2.23 bits per heavy atom. The molecule has 0 fully saturated rings. The lowest BCUT2D eigenvalue weighted by atomic mass is 10.1. The molecule has 2 aromatic rings. The Morgan fingerprint density at radius 3 is 2.92 bits per heavy atom. The highest BCUT2D eigenvalue weighted by atomic mass is 35.5. The van der Waals surface area contributed by atoms with E-state index < -0.39 is 0 Å². The molecule has 0 nitrogen and oxygen atoms in total. The number of alkyl halides is 1. The van der Waals surface area contributed by atoms with Crippen molar-refractivity contribution in [2.75, 3.05) is 0 Å². The SMILES string of the molecule is Cc1ccc2c(S)csc2c1CCl. The number of thiophene rings is 1. The summed E-state index contributed by atoms with van der Waals surface area (Å²) in [7, 11) is 0. The molecule has 0 saturated carbocycles. The third-order valence-corrected chi connectivity index (χ3v) is 4.06. The number of hydrogen-bond donors (Lipinski definition) is 1. The molecule has 0 N–H and O–H groups in total. The molecule has 0 aliphatic carbocycles. The van der Waals surface area contributed by atoms with E-state index in [0.717, 1.165) is 4.90 Å². The molecule has 2 rings (SSSR count). The maximum atomic E-state index is 5.90. The minimum atomic E-state index is 0.580. The van der Waals surface area contributed by atoms with E-state index in [4.69, 9.17) is 11.6 Å². The lowest BCUT2D eigenvalue weighted by molar-refractivity contribution is 1.34. The third kappa shape index (κ3) is 1.47. The average Bonchev–Trinajstić information content (AvgIpc) is 2.48. The molecule has 0 spiro atoms. The minimum absolute atomic E-state index is 0.580. The standard InChI is InChI=1S/C10H9ClS2/c1-6-2-3-7-9(12)5-13-10(7)8(6)4-11/h2-3,5,12H,4H2,1H3. The number of benzene rings is 1. The molecule has 0 aliphatic heterocycles. The van der Waals surface area contributed by atoms with Gasteiger partial charge in [-0.25, -0.2) is 0 Å². The van der Waals surface area contributed by atoms with Gasteiger partial charge in [0.2, 0.25) is 0 Å². The maximum Gasteiger partial charge on any atom is 0.0490 e. The lowest BCUT2D eigenvalue weighted by Gasteiger charge is -2.02. The van der Waals surface area contributed by atoms with Gasteiger partial charge in [0.1, 0.15) is 0 Å². The number of hydrogen-bond acceptors (Lipinski definition) is 2. The molecule has 68 valence electrons. The van der Waals surface area contributed by atoms with E-state index in [1.165, 1.54) is 21.2 Å². The zero-order valence-corrected chi connectivity index (χ0v) is 9.64. The summed E-state index contributed by atoms with van der Waals surface area (Å²) in [5, 5.41) is 3.28. The Kier molecular flexibility index (Phi) is 2.54. The van der Waals surface area contributed by atoms with Gasteiger partial charge in [-0.3, -0.25) is 0 Å². The van der Waals surface area contributed by atoms with Crippen LogP contribution in [-0.2, 0) is 5.88 Å². The highest BCUT2D eigenvalue weighted by Crippen LogP contribution is 2.33. The van der Waals surface area contributed by atoms with Crippen molar-refractivity contribution in [3.8, 4) is 0 Å². The number of fused-ring (bicyclic) bond motifs is 1. The van der Waals surface area contributed by atoms with Crippen molar-refractivity contribution in [2.24, 2.45) is 0 Å². The summed E-state index contributed by atoms with van der Waals surface area (Å²) in [5.41, 5.74) is 2.50. The van der Waals surface area contributed by atoms with Gasteiger partial charge in [0.15, 0.2) is 0 Å². The fourth-order valence-corrected chi connectivity index (χ4v) is 3.29. The zero-order chi connectivity index (χ0) is 9.42. The van der Waals surface area contributed by atoms with E-state index >= 15 is 0 Å². The Balaban J connectivity index is 2.85. The molecule has 3 heteroatoms. The van der Waals surface area contributed by atoms with Crippen molar-refractivity contribution in [3.05, 3.63) is 28.6 Å². The molecule has 0 bridgehead atoms.